The highest BCUT2D eigenvalue weighted by molar-refractivity contribution is 5.66. The maximum Gasteiger partial charge on any atom is 0.132 e. The molecule has 1 heterocycles. The second-order valence-corrected chi connectivity index (χ2v) is 7.38. The molecule has 2 aliphatic rings. The fourth-order valence-corrected chi connectivity index (χ4v) is 3.96. The van der Waals surface area contributed by atoms with Gasteiger partial charge in [0.25, 0.3) is 0 Å². The first-order valence-electron chi connectivity index (χ1n) is 8.13. The van der Waals surface area contributed by atoms with Crippen molar-refractivity contribution in [1.82, 2.24) is 4.90 Å². The summed E-state index contributed by atoms with van der Waals surface area (Å²) in [6.45, 7) is 14.2. The average Bonchev–Trinajstić information content (AvgIpc) is 2.37. The van der Waals surface area contributed by atoms with E-state index in [1.165, 1.54) is 24.5 Å². The SMILES string of the molecule is C=C(C)/C=C(\C)C1CC2(C1)CN(C(=C)c1cc(N)ccc1F)C2. The molecule has 0 amide bonds. The molecule has 0 bridgehead atoms. The van der Waals surface area contributed by atoms with Crippen LogP contribution in [0.15, 0.2) is 48.6 Å². The molecule has 2 nitrogen and oxygen atoms in total. The fraction of sp³-hybridized carbons (Fsp3) is 0.400. The summed E-state index contributed by atoms with van der Waals surface area (Å²) in [6, 6.07) is 4.67. The third-order valence-electron chi connectivity index (χ3n) is 5.21. The summed E-state index contributed by atoms with van der Waals surface area (Å²) in [7, 11) is 0. The number of hydrogen-bond acceptors (Lipinski definition) is 2. The maximum atomic E-state index is 14.0. The van der Waals surface area contributed by atoms with E-state index in [-0.39, 0.29) is 5.82 Å². The Hall–Kier alpha value is -2.03. The molecule has 23 heavy (non-hydrogen) atoms. The van der Waals surface area contributed by atoms with Crippen LogP contribution in [0.4, 0.5) is 10.1 Å². The molecule has 1 aliphatic heterocycles. The zero-order valence-corrected chi connectivity index (χ0v) is 14.0. The topological polar surface area (TPSA) is 29.3 Å². The molecule has 2 fully saturated rings. The molecule has 3 heteroatoms. The lowest BCUT2D eigenvalue weighted by atomic mass is 9.56. The third kappa shape index (κ3) is 2.92. The van der Waals surface area contributed by atoms with Crippen LogP contribution in [0.1, 0.15) is 32.3 Å². The van der Waals surface area contributed by atoms with E-state index in [0.29, 0.717) is 22.6 Å². The second kappa shape index (κ2) is 5.55. The van der Waals surface area contributed by atoms with Gasteiger partial charge in [0.1, 0.15) is 5.82 Å². The fourth-order valence-electron chi connectivity index (χ4n) is 3.96. The first kappa shape index (κ1) is 15.9. The lowest BCUT2D eigenvalue weighted by molar-refractivity contribution is -0.0532. The van der Waals surface area contributed by atoms with Crippen molar-refractivity contribution in [3.8, 4) is 0 Å². The van der Waals surface area contributed by atoms with Crippen molar-refractivity contribution in [2.24, 2.45) is 11.3 Å². The van der Waals surface area contributed by atoms with E-state index in [1.807, 2.05) is 6.92 Å². The summed E-state index contributed by atoms with van der Waals surface area (Å²) in [5.41, 5.74) is 10.6. The summed E-state index contributed by atoms with van der Waals surface area (Å²) in [6.07, 6.45) is 4.62. The highest BCUT2D eigenvalue weighted by Gasteiger charge is 2.52. The van der Waals surface area contributed by atoms with Crippen LogP contribution in [-0.2, 0) is 0 Å². The number of allylic oxidation sites excluding steroid dienone is 3. The monoisotopic (exact) mass is 312 g/mol. The van der Waals surface area contributed by atoms with E-state index in [1.54, 1.807) is 12.1 Å². The molecule has 0 radical (unpaired) electrons. The molecule has 1 spiro atoms. The molecular weight excluding hydrogens is 287 g/mol. The smallest absolute Gasteiger partial charge is 0.132 e. The molecule has 122 valence electrons. The predicted octanol–water partition coefficient (Wildman–Crippen LogP) is 4.61. The Bertz CT molecular complexity index is 688. The van der Waals surface area contributed by atoms with Crippen molar-refractivity contribution in [2.45, 2.75) is 26.7 Å². The third-order valence-corrected chi connectivity index (χ3v) is 5.21. The van der Waals surface area contributed by atoms with Crippen molar-refractivity contribution in [1.29, 1.82) is 0 Å². The van der Waals surface area contributed by atoms with Gasteiger partial charge in [-0.05, 0) is 50.8 Å². The number of anilines is 1. The van der Waals surface area contributed by atoms with Crippen molar-refractivity contribution in [3.63, 3.8) is 0 Å². The Morgan fingerprint density at radius 3 is 2.57 bits per heavy atom. The molecule has 1 saturated heterocycles. The summed E-state index contributed by atoms with van der Waals surface area (Å²) < 4.78 is 14.0. The molecule has 2 N–H and O–H groups in total. The van der Waals surface area contributed by atoms with Gasteiger partial charge in [0.15, 0.2) is 0 Å². The Balaban J connectivity index is 1.59. The second-order valence-electron chi connectivity index (χ2n) is 7.38. The maximum absolute atomic E-state index is 14.0. The van der Waals surface area contributed by atoms with Gasteiger partial charge < -0.3 is 10.6 Å². The number of likely N-dealkylation sites (tertiary alicyclic amines) is 1. The van der Waals surface area contributed by atoms with Gasteiger partial charge >= 0.3 is 0 Å². The highest BCUT2D eigenvalue weighted by Crippen LogP contribution is 2.55. The number of rotatable bonds is 4. The van der Waals surface area contributed by atoms with E-state index in [0.717, 1.165) is 24.4 Å². The molecule has 1 aliphatic carbocycles. The van der Waals surface area contributed by atoms with Gasteiger partial charge in [0.2, 0.25) is 0 Å². The standard InChI is InChI=1S/C20H25FN2/c1-13(2)7-14(3)16-9-20(10-16)11-23(12-20)15(4)18-8-17(22)5-6-19(18)21/h5-8,16H,1,4,9-12,22H2,2-3H3/b14-7+. The van der Waals surface area contributed by atoms with Crippen LogP contribution in [0.3, 0.4) is 0 Å². The van der Waals surface area contributed by atoms with Crippen LogP contribution in [0.25, 0.3) is 5.70 Å². The average molecular weight is 312 g/mol. The van der Waals surface area contributed by atoms with Gasteiger partial charge in [-0.2, -0.15) is 0 Å². The van der Waals surface area contributed by atoms with Crippen LogP contribution >= 0.6 is 0 Å². The number of halogens is 1. The molecule has 0 unspecified atom stereocenters. The highest BCUT2D eigenvalue weighted by atomic mass is 19.1. The summed E-state index contributed by atoms with van der Waals surface area (Å²) >= 11 is 0. The number of benzene rings is 1. The lowest BCUT2D eigenvalue weighted by Gasteiger charge is -2.60. The predicted molar refractivity (Wildman–Crippen MR) is 95.1 cm³/mol. The van der Waals surface area contributed by atoms with Gasteiger partial charge in [0, 0.05) is 35.5 Å². The first-order valence-corrected chi connectivity index (χ1v) is 8.13. The zero-order chi connectivity index (χ0) is 16.8. The minimum Gasteiger partial charge on any atom is -0.399 e. The minimum absolute atomic E-state index is 0.253. The van der Waals surface area contributed by atoms with Crippen LogP contribution in [0.5, 0.6) is 0 Å². The van der Waals surface area contributed by atoms with Crippen molar-refractivity contribution < 1.29 is 4.39 Å². The van der Waals surface area contributed by atoms with Gasteiger partial charge in [0.05, 0.1) is 0 Å². The van der Waals surface area contributed by atoms with Crippen LogP contribution in [0.2, 0.25) is 0 Å². The Morgan fingerprint density at radius 2 is 1.96 bits per heavy atom. The van der Waals surface area contributed by atoms with Gasteiger partial charge in [-0.15, -0.1) is 0 Å². The number of nitrogens with two attached hydrogens (primary N) is 1. The van der Waals surface area contributed by atoms with Crippen molar-refractivity contribution >= 4 is 11.4 Å². The first-order chi connectivity index (χ1) is 10.8. The van der Waals surface area contributed by atoms with Crippen molar-refractivity contribution in [3.05, 3.63) is 60.0 Å². The molecule has 1 aromatic carbocycles. The van der Waals surface area contributed by atoms with E-state index < -0.39 is 0 Å². The summed E-state index contributed by atoms with van der Waals surface area (Å²) in [4.78, 5) is 2.17. The van der Waals surface area contributed by atoms with E-state index in [9.17, 15) is 4.39 Å². The lowest BCUT2D eigenvalue weighted by Crippen LogP contribution is -2.61. The zero-order valence-electron chi connectivity index (χ0n) is 14.0. The van der Waals surface area contributed by atoms with E-state index in [2.05, 4.69) is 31.1 Å². The number of hydrogen-bond donors (Lipinski definition) is 1. The molecule has 0 aromatic heterocycles. The van der Waals surface area contributed by atoms with Gasteiger partial charge in [-0.3, -0.25) is 0 Å². The number of nitrogen functional groups attached to an aromatic ring is 1. The van der Waals surface area contributed by atoms with E-state index >= 15 is 0 Å². The number of nitrogens with zero attached hydrogens (tertiary/aromatic N) is 1. The van der Waals surface area contributed by atoms with Crippen LogP contribution < -0.4 is 5.73 Å². The Labute approximate surface area is 138 Å². The van der Waals surface area contributed by atoms with Crippen molar-refractivity contribution in [2.75, 3.05) is 18.8 Å². The molecule has 0 atom stereocenters. The quantitative estimate of drug-likeness (QED) is 0.649. The van der Waals surface area contributed by atoms with E-state index in [4.69, 9.17) is 5.73 Å². The van der Waals surface area contributed by atoms with Crippen LogP contribution in [0, 0.1) is 17.2 Å². The Morgan fingerprint density at radius 1 is 1.30 bits per heavy atom. The van der Waals surface area contributed by atoms with Gasteiger partial charge in [-0.25, -0.2) is 4.39 Å². The normalized spacial score (nSPS) is 20.1. The summed E-state index contributed by atoms with van der Waals surface area (Å²) in [5.74, 6) is 0.420. The molecular formula is C20H25FN2. The van der Waals surface area contributed by atoms with Gasteiger partial charge in [-0.1, -0.05) is 30.4 Å². The summed E-state index contributed by atoms with van der Waals surface area (Å²) in [5, 5.41) is 0. The molecule has 1 aromatic rings. The Kier molecular flexibility index (Phi) is 3.83. The minimum atomic E-state index is -0.253. The molecule has 3 rings (SSSR count). The van der Waals surface area contributed by atoms with Crippen LogP contribution in [-0.4, -0.2) is 18.0 Å². The largest absolute Gasteiger partial charge is 0.399 e. The molecule has 1 saturated carbocycles.